The van der Waals surface area contributed by atoms with Crippen molar-refractivity contribution in [3.8, 4) is 0 Å². The number of hydrogen-bond donors (Lipinski definition) is 1. The van der Waals surface area contributed by atoms with Gasteiger partial charge in [0.25, 0.3) is 0 Å². The first-order valence-electron chi connectivity index (χ1n) is 5.23. The van der Waals surface area contributed by atoms with E-state index >= 15 is 0 Å². The summed E-state index contributed by atoms with van der Waals surface area (Å²) in [4.78, 5) is 19.0. The molecule has 0 saturated carbocycles. The van der Waals surface area contributed by atoms with Gasteiger partial charge in [0, 0.05) is 17.8 Å². The van der Waals surface area contributed by atoms with E-state index in [2.05, 4.69) is 25.9 Å². The van der Waals surface area contributed by atoms with E-state index in [4.69, 9.17) is 4.74 Å². The number of carbonyl (C=O) groups is 1. The molecule has 0 spiro atoms. The molecule has 0 bridgehead atoms. The summed E-state index contributed by atoms with van der Waals surface area (Å²) in [6.07, 6.45) is 3.37. The van der Waals surface area contributed by atoms with Gasteiger partial charge in [0.15, 0.2) is 0 Å². The first-order chi connectivity index (χ1) is 7.88. The third-order valence-electron chi connectivity index (χ3n) is 2.14. The highest BCUT2D eigenvalue weighted by molar-refractivity contribution is 9.10. The molecule has 0 unspecified atom stereocenters. The maximum atomic E-state index is 11.9. The van der Waals surface area contributed by atoms with Gasteiger partial charge in [0.2, 0.25) is 0 Å². The zero-order chi connectivity index (χ0) is 12.6. The second-order valence-corrected chi connectivity index (χ2v) is 5.53. The van der Waals surface area contributed by atoms with E-state index in [1.165, 1.54) is 0 Å². The van der Waals surface area contributed by atoms with Gasteiger partial charge in [-0.25, -0.2) is 4.79 Å². The molecule has 4 nitrogen and oxygen atoms in total. The second kappa shape index (κ2) is 4.14. The summed E-state index contributed by atoms with van der Waals surface area (Å²) < 4.78 is 6.00. The summed E-state index contributed by atoms with van der Waals surface area (Å²) in [6, 6.07) is 1.81. The third kappa shape index (κ3) is 2.49. The zero-order valence-electron chi connectivity index (χ0n) is 9.87. The average Bonchev–Trinajstić information content (AvgIpc) is 2.55. The minimum Gasteiger partial charge on any atom is -0.455 e. The van der Waals surface area contributed by atoms with Gasteiger partial charge in [-0.3, -0.25) is 4.98 Å². The lowest BCUT2D eigenvalue weighted by atomic mass is 10.2. The fourth-order valence-electron chi connectivity index (χ4n) is 1.47. The Morgan fingerprint density at radius 3 is 2.76 bits per heavy atom. The summed E-state index contributed by atoms with van der Waals surface area (Å²) in [5.41, 5.74) is 0.766. The number of carbonyl (C=O) groups excluding carboxylic acids is 1. The smallest absolute Gasteiger partial charge is 0.356 e. The Balaban J connectivity index is 2.43. The van der Waals surface area contributed by atoms with Crippen LogP contribution in [0.25, 0.3) is 10.9 Å². The summed E-state index contributed by atoms with van der Waals surface area (Å²) in [7, 11) is 0. The minimum absolute atomic E-state index is 0.374. The molecule has 0 fully saturated rings. The van der Waals surface area contributed by atoms with E-state index in [0.29, 0.717) is 10.2 Å². The van der Waals surface area contributed by atoms with E-state index in [1.807, 2.05) is 26.8 Å². The number of H-pyrrole nitrogens is 1. The van der Waals surface area contributed by atoms with Crippen molar-refractivity contribution in [3.63, 3.8) is 0 Å². The van der Waals surface area contributed by atoms with Gasteiger partial charge in [-0.1, -0.05) is 0 Å². The van der Waals surface area contributed by atoms with Crippen molar-refractivity contribution in [2.45, 2.75) is 26.4 Å². The van der Waals surface area contributed by atoms with Crippen molar-refractivity contribution < 1.29 is 9.53 Å². The zero-order valence-corrected chi connectivity index (χ0v) is 11.5. The molecule has 0 amide bonds. The minimum atomic E-state index is -0.508. The molecule has 2 rings (SSSR count). The fourth-order valence-corrected chi connectivity index (χ4v) is 2.05. The van der Waals surface area contributed by atoms with Crippen LogP contribution in [0.2, 0.25) is 0 Å². The predicted octanol–water partition coefficient (Wildman–Crippen LogP) is 3.28. The maximum Gasteiger partial charge on any atom is 0.356 e. The van der Waals surface area contributed by atoms with Crippen LogP contribution >= 0.6 is 15.9 Å². The van der Waals surface area contributed by atoms with Crippen molar-refractivity contribution in [2.24, 2.45) is 0 Å². The first-order valence-corrected chi connectivity index (χ1v) is 6.02. The molecule has 2 aromatic heterocycles. The van der Waals surface area contributed by atoms with Crippen LogP contribution in [-0.2, 0) is 4.74 Å². The molecule has 1 N–H and O–H groups in total. The number of aromatic amines is 1. The van der Waals surface area contributed by atoms with Crippen LogP contribution in [-0.4, -0.2) is 21.5 Å². The Morgan fingerprint density at radius 2 is 2.18 bits per heavy atom. The van der Waals surface area contributed by atoms with Crippen LogP contribution < -0.4 is 0 Å². The molecule has 90 valence electrons. The summed E-state index contributed by atoms with van der Waals surface area (Å²) >= 11 is 3.39. The molecule has 2 aromatic rings. The largest absolute Gasteiger partial charge is 0.455 e. The number of halogens is 1. The van der Waals surface area contributed by atoms with Crippen molar-refractivity contribution in [3.05, 3.63) is 28.6 Å². The first kappa shape index (κ1) is 12.1. The Morgan fingerprint density at radius 1 is 1.47 bits per heavy atom. The SMILES string of the molecule is CC(C)(C)OC(=O)c1[nH]c2ccncc2c1Br. The molecule has 2 heterocycles. The number of hydrogen-bond acceptors (Lipinski definition) is 3. The highest BCUT2D eigenvalue weighted by Crippen LogP contribution is 2.28. The Bertz CT molecular complexity index is 569. The molecule has 0 aliphatic carbocycles. The number of pyridine rings is 1. The number of ether oxygens (including phenoxy) is 1. The summed E-state index contributed by atoms with van der Waals surface area (Å²) in [6.45, 7) is 5.51. The van der Waals surface area contributed by atoms with Crippen molar-refractivity contribution >= 4 is 32.8 Å². The number of rotatable bonds is 1. The molecule has 0 aliphatic rings. The normalized spacial score (nSPS) is 11.8. The second-order valence-electron chi connectivity index (χ2n) is 4.74. The molecule has 0 saturated heterocycles. The number of aromatic nitrogens is 2. The van der Waals surface area contributed by atoms with E-state index in [9.17, 15) is 4.79 Å². The van der Waals surface area contributed by atoms with E-state index in [-0.39, 0.29) is 5.97 Å². The topological polar surface area (TPSA) is 55.0 Å². The average molecular weight is 297 g/mol. The maximum absolute atomic E-state index is 11.9. The molecule has 0 atom stereocenters. The van der Waals surface area contributed by atoms with Gasteiger partial charge in [0.05, 0.1) is 9.99 Å². The lowest BCUT2D eigenvalue weighted by molar-refractivity contribution is 0.00628. The fraction of sp³-hybridized carbons (Fsp3) is 0.333. The van der Waals surface area contributed by atoms with Gasteiger partial charge in [-0.05, 0) is 42.8 Å². The van der Waals surface area contributed by atoms with Gasteiger partial charge >= 0.3 is 5.97 Å². The lowest BCUT2D eigenvalue weighted by Gasteiger charge is -2.18. The lowest BCUT2D eigenvalue weighted by Crippen LogP contribution is -2.24. The number of nitrogens with zero attached hydrogens (tertiary/aromatic N) is 1. The van der Waals surface area contributed by atoms with E-state index in [1.54, 1.807) is 12.4 Å². The highest BCUT2D eigenvalue weighted by atomic mass is 79.9. The molecule has 0 aromatic carbocycles. The van der Waals surface area contributed by atoms with E-state index < -0.39 is 5.60 Å². The van der Waals surface area contributed by atoms with Crippen LogP contribution in [0.1, 0.15) is 31.3 Å². The monoisotopic (exact) mass is 296 g/mol. The Hall–Kier alpha value is -1.36. The predicted molar refractivity (Wildman–Crippen MR) is 69.0 cm³/mol. The van der Waals surface area contributed by atoms with Crippen LogP contribution in [0.15, 0.2) is 22.9 Å². The third-order valence-corrected chi connectivity index (χ3v) is 2.96. The van der Waals surface area contributed by atoms with Crippen LogP contribution in [0.3, 0.4) is 0 Å². The van der Waals surface area contributed by atoms with Crippen molar-refractivity contribution in [1.82, 2.24) is 9.97 Å². The highest BCUT2D eigenvalue weighted by Gasteiger charge is 2.22. The van der Waals surface area contributed by atoms with Gasteiger partial charge in [-0.15, -0.1) is 0 Å². The standard InChI is InChI=1S/C12H13BrN2O2/c1-12(2,3)17-11(16)10-9(13)7-6-14-5-4-8(7)15-10/h4-6,15H,1-3H3. The van der Waals surface area contributed by atoms with Crippen LogP contribution in [0.5, 0.6) is 0 Å². The Kier molecular flexibility index (Phi) is 2.95. The molecular weight excluding hydrogens is 284 g/mol. The number of fused-ring (bicyclic) bond motifs is 1. The summed E-state index contributed by atoms with van der Waals surface area (Å²) in [5.74, 6) is -0.374. The Labute approximate surface area is 108 Å². The van der Waals surface area contributed by atoms with Crippen molar-refractivity contribution in [2.75, 3.05) is 0 Å². The van der Waals surface area contributed by atoms with Gasteiger partial charge in [-0.2, -0.15) is 0 Å². The van der Waals surface area contributed by atoms with Crippen LogP contribution in [0, 0.1) is 0 Å². The number of esters is 1. The van der Waals surface area contributed by atoms with Crippen LogP contribution in [0.4, 0.5) is 0 Å². The van der Waals surface area contributed by atoms with Gasteiger partial charge < -0.3 is 9.72 Å². The molecule has 0 aliphatic heterocycles. The molecule has 17 heavy (non-hydrogen) atoms. The quantitative estimate of drug-likeness (QED) is 0.822. The molecular formula is C12H13BrN2O2. The van der Waals surface area contributed by atoms with Gasteiger partial charge in [0.1, 0.15) is 11.3 Å². The molecule has 0 radical (unpaired) electrons. The van der Waals surface area contributed by atoms with E-state index in [0.717, 1.165) is 10.9 Å². The number of nitrogens with one attached hydrogen (secondary N) is 1. The van der Waals surface area contributed by atoms with Crippen molar-refractivity contribution in [1.29, 1.82) is 0 Å². The summed E-state index contributed by atoms with van der Waals surface area (Å²) in [5, 5.41) is 0.869. The molecule has 5 heteroatoms.